The minimum absolute atomic E-state index is 0.368. The van der Waals surface area contributed by atoms with Crippen LogP contribution in [-0.2, 0) is 16.4 Å². The highest BCUT2D eigenvalue weighted by molar-refractivity contribution is 7.91. The van der Waals surface area contributed by atoms with Gasteiger partial charge in [0, 0.05) is 18.0 Å². The van der Waals surface area contributed by atoms with Crippen LogP contribution in [0.3, 0.4) is 0 Å². The predicted molar refractivity (Wildman–Crippen MR) is 71.1 cm³/mol. The predicted octanol–water partition coefficient (Wildman–Crippen LogP) is 0.395. The van der Waals surface area contributed by atoms with Gasteiger partial charge in [-0.3, -0.25) is 0 Å². The average Bonchev–Trinajstić information content (AvgIpc) is 2.79. The first-order valence-corrected chi connectivity index (χ1v) is 8.26. The molecule has 0 spiro atoms. The van der Waals surface area contributed by atoms with E-state index in [9.17, 15) is 13.5 Å². The van der Waals surface area contributed by atoms with Crippen LogP contribution in [0.25, 0.3) is 0 Å². The van der Waals surface area contributed by atoms with Crippen LogP contribution in [0.1, 0.15) is 17.7 Å². The molecule has 5 nitrogen and oxygen atoms in total. The van der Waals surface area contributed by atoms with E-state index in [0.29, 0.717) is 43.1 Å². The van der Waals surface area contributed by atoms with E-state index < -0.39 is 10.0 Å². The zero-order valence-corrected chi connectivity index (χ0v) is 11.7. The van der Waals surface area contributed by atoms with Gasteiger partial charge < -0.3 is 10.8 Å². The van der Waals surface area contributed by atoms with Crippen molar-refractivity contribution in [2.45, 2.75) is 29.6 Å². The van der Waals surface area contributed by atoms with Gasteiger partial charge in [-0.25, -0.2) is 8.42 Å². The molecule has 2 rings (SSSR count). The second-order valence-electron chi connectivity index (χ2n) is 4.39. The van der Waals surface area contributed by atoms with Crippen LogP contribution in [0.4, 0.5) is 0 Å². The van der Waals surface area contributed by atoms with E-state index >= 15 is 0 Å². The Morgan fingerprint density at radius 2 is 2.06 bits per heavy atom. The summed E-state index contributed by atoms with van der Waals surface area (Å²) in [6.45, 7) is 1.32. The number of rotatable bonds is 4. The molecule has 1 fully saturated rings. The summed E-state index contributed by atoms with van der Waals surface area (Å²) in [6.07, 6.45) is 1.37. The van der Waals surface area contributed by atoms with Gasteiger partial charge in [-0.1, -0.05) is 0 Å². The first-order valence-electron chi connectivity index (χ1n) is 6.01. The van der Waals surface area contributed by atoms with Crippen LogP contribution < -0.4 is 5.73 Å². The molecule has 0 unspecified atom stereocenters. The Bertz CT molecular complexity index is 490. The summed E-state index contributed by atoms with van der Waals surface area (Å²) in [5.41, 5.74) is 5.46. The third kappa shape index (κ3) is 2.92. The maximum atomic E-state index is 12.3. The smallest absolute Gasteiger partial charge is 0.252 e. The van der Waals surface area contributed by atoms with Gasteiger partial charge in [-0.05, 0) is 37.9 Å². The monoisotopic (exact) mass is 290 g/mol. The molecule has 102 valence electrons. The zero-order chi connectivity index (χ0) is 13.2. The van der Waals surface area contributed by atoms with Crippen LogP contribution in [-0.4, -0.2) is 43.6 Å². The maximum absolute atomic E-state index is 12.3. The van der Waals surface area contributed by atoms with Crippen molar-refractivity contribution in [3.63, 3.8) is 0 Å². The largest absolute Gasteiger partial charge is 0.393 e. The molecular weight excluding hydrogens is 272 g/mol. The number of aliphatic hydroxyl groups is 1. The molecule has 1 aromatic heterocycles. The number of sulfonamides is 1. The van der Waals surface area contributed by atoms with Gasteiger partial charge in [0.25, 0.3) is 10.0 Å². The molecule has 0 aromatic carbocycles. The summed E-state index contributed by atoms with van der Waals surface area (Å²) in [6, 6.07) is 3.47. The normalized spacial score (nSPS) is 19.2. The number of nitrogens with zero attached hydrogens (tertiary/aromatic N) is 1. The van der Waals surface area contributed by atoms with Crippen molar-refractivity contribution in [3.05, 3.63) is 17.0 Å². The molecule has 1 aliphatic heterocycles. The molecule has 18 heavy (non-hydrogen) atoms. The molecule has 2 heterocycles. The lowest BCUT2D eigenvalue weighted by molar-refractivity contribution is 0.113. The van der Waals surface area contributed by atoms with Gasteiger partial charge in [0.05, 0.1) is 6.10 Å². The number of nitrogens with two attached hydrogens (primary N) is 1. The van der Waals surface area contributed by atoms with E-state index in [1.54, 1.807) is 6.07 Å². The van der Waals surface area contributed by atoms with E-state index in [1.807, 2.05) is 6.07 Å². The molecule has 0 amide bonds. The number of piperidine rings is 1. The number of thiophene rings is 1. The highest BCUT2D eigenvalue weighted by Gasteiger charge is 2.29. The van der Waals surface area contributed by atoms with Crippen LogP contribution in [0, 0.1) is 0 Å². The Balaban J connectivity index is 2.14. The first kappa shape index (κ1) is 14.0. The quantitative estimate of drug-likeness (QED) is 0.840. The average molecular weight is 290 g/mol. The molecule has 1 aliphatic rings. The van der Waals surface area contributed by atoms with Gasteiger partial charge in [-0.2, -0.15) is 4.31 Å². The summed E-state index contributed by atoms with van der Waals surface area (Å²) in [4.78, 5) is 0.994. The fraction of sp³-hybridized carbons (Fsp3) is 0.636. The lowest BCUT2D eigenvalue weighted by Crippen LogP contribution is -2.39. The number of aliphatic hydroxyl groups excluding tert-OH is 1. The van der Waals surface area contributed by atoms with Gasteiger partial charge in [0.1, 0.15) is 4.21 Å². The maximum Gasteiger partial charge on any atom is 0.252 e. The van der Waals surface area contributed by atoms with E-state index in [2.05, 4.69) is 0 Å². The second kappa shape index (κ2) is 5.66. The Morgan fingerprint density at radius 1 is 1.39 bits per heavy atom. The molecule has 0 bridgehead atoms. The summed E-state index contributed by atoms with van der Waals surface area (Å²) < 4.78 is 26.5. The standard InChI is InChI=1S/C11H18N2O3S2/c12-6-3-10-1-2-11(17-10)18(15,16)13-7-4-9(14)5-8-13/h1-2,9,14H,3-8,12H2. The lowest BCUT2D eigenvalue weighted by atomic mass is 10.1. The SMILES string of the molecule is NCCc1ccc(S(=O)(=O)N2CCC(O)CC2)s1. The Morgan fingerprint density at radius 3 is 2.67 bits per heavy atom. The van der Waals surface area contributed by atoms with Crippen molar-refractivity contribution in [2.75, 3.05) is 19.6 Å². The van der Waals surface area contributed by atoms with Crippen molar-refractivity contribution >= 4 is 21.4 Å². The van der Waals surface area contributed by atoms with Crippen LogP contribution in [0.15, 0.2) is 16.3 Å². The molecule has 0 aliphatic carbocycles. The Kier molecular flexibility index (Phi) is 4.39. The first-order chi connectivity index (χ1) is 8.54. The molecule has 1 aromatic rings. The molecule has 0 saturated carbocycles. The topological polar surface area (TPSA) is 83.6 Å². The molecule has 0 atom stereocenters. The van der Waals surface area contributed by atoms with Crippen molar-refractivity contribution in [2.24, 2.45) is 5.73 Å². The van der Waals surface area contributed by atoms with Crippen molar-refractivity contribution in [3.8, 4) is 0 Å². The number of hydrogen-bond acceptors (Lipinski definition) is 5. The number of hydrogen-bond donors (Lipinski definition) is 2. The molecule has 3 N–H and O–H groups in total. The summed E-state index contributed by atoms with van der Waals surface area (Å²) in [5, 5.41) is 9.40. The molecule has 1 saturated heterocycles. The van der Waals surface area contributed by atoms with Crippen LogP contribution in [0.2, 0.25) is 0 Å². The van der Waals surface area contributed by atoms with Gasteiger partial charge >= 0.3 is 0 Å². The summed E-state index contributed by atoms with van der Waals surface area (Å²) in [5.74, 6) is 0. The van der Waals surface area contributed by atoms with Crippen molar-refractivity contribution in [1.82, 2.24) is 4.31 Å². The highest BCUT2D eigenvalue weighted by Crippen LogP contribution is 2.27. The minimum atomic E-state index is -3.38. The van der Waals surface area contributed by atoms with E-state index in [1.165, 1.54) is 15.6 Å². The molecule has 7 heteroatoms. The fourth-order valence-corrected chi connectivity index (χ4v) is 4.98. The zero-order valence-electron chi connectivity index (χ0n) is 10.1. The summed E-state index contributed by atoms with van der Waals surface area (Å²) in [7, 11) is -3.38. The van der Waals surface area contributed by atoms with Crippen molar-refractivity contribution < 1.29 is 13.5 Å². The third-order valence-electron chi connectivity index (χ3n) is 3.05. The fourth-order valence-electron chi connectivity index (χ4n) is 1.98. The summed E-state index contributed by atoms with van der Waals surface area (Å²) >= 11 is 1.29. The van der Waals surface area contributed by atoms with Crippen LogP contribution in [0.5, 0.6) is 0 Å². The van der Waals surface area contributed by atoms with Gasteiger partial charge in [-0.15, -0.1) is 11.3 Å². The van der Waals surface area contributed by atoms with E-state index in [4.69, 9.17) is 5.73 Å². The minimum Gasteiger partial charge on any atom is -0.393 e. The van der Waals surface area contributed by atoms with Gasteiger partial charge in [0.15, 0.2) is 0 Å². The van der Waals surface area contributed by atoms with Crippen LogP contribution >= 0.6 is 11.3 Å². The third-order valence-corrected chi connectivity index (χ3v) is 6.56. The Labute approximate surface area is 111 Å². The van der Waals surface area contributed by atoms with E-state index in [0.717, 1.165) is 4.88 Å². The molecular formula is C11H18N2O3S2. The second-order valence-corrected chi connectivity index (χ2v) is 7.73. The molecule has 0 radical (unpaired) electrons. The van der Waals surface area contributed by atoms with E-state index in [-0.39, 0.29) is 6.10 Å². The van der Waals surface area contributed by atoms with Gasteiger partial charge in [0.2, 0.25) is 0 Å². The van der Waals surface area contributed by atoms with Crippen molar-refractivity contribution in [1.29, 1.82) is 0 Å². The lowest BCUT2D eigenvalue weighted by Gasteiger charge is -2.28. The Hall–Kier alpha value is -0.470. The highest BCUT2D eigenvalue weighted by atomic mass is 32.2.